The maximum absolute atomic E-state index is 3.61. The van der Waals surface area contributed by atoms with Crippen molar-refractivity contribution < 1.29 is 0 Å². The number of hydrogen-bond donors (Lipinski definition) is 1. The SMILES string of the molecule is CCN(CC)C(CC)(CC)C(CCC(C)C)NC. The third-order valence-corrected chi connectivity index (χ3v) is 4.65. The summed E-state index contributed by atoms with van der Waals surface area (Å²) in [6.07, 6.45) is 5.06. The Hall–Kier alpha value is -0.0800. The summed E-state index contributed by atoms with van der Waals surface area (Å²) in [6, 6.07) is 0.606. The normalized spacial score (nSPS) is 14.5. The Morgan fingerprint density at radius 2 is 1.44 bits per heavy atom. The van der Waals surface area contributed by atoms with Gasteiger partial charge in [0.05, 0.1) is 0 Å². The third-order valence-electron chi connectivity index (χ3n) is 4.65. The molecule has 0 amide bonds. The van der Waals surface area contributed by atoms with Gasteiger partial charge in [-0.05, 0) is 51.7 Å². The van der Waals surface area contributed by atoms with Crippen LogP contribution in [0.4, 0.5) is 0 Å². The van der Waals surface area contributed by atoms with Crippen molar-refractivity contribution in [1.29, 1.82) is 0 Å². The number of likely N-dealkylation sites (N-methyl/N-ethyl adjacent to an activating group) is 2. The number of hydrogen-bond acceptors (Lipinski definition) is 2. The summed E-state index contributed by atoms with van der Waals surface area (Å²) < 4.78 is 0. The lowest BCUT2D eigenvalue weighted by Crippen LogP contribution is -2.60. The molecule has 2 heteroatoms. The number of rotatable bonds is 10. The van der Waals surface area contributed by atoms with E-state index in [2.05, 4.69) is 58.8 Å². The fourth-order valence-corrected chi connectivity index (χ4v) is 3.45. The van der Waals surface area contributed by atoms with E-state index in [4.69, 9.17) is 0 Å². The van der Waals surface area contributed by atoms with Crippen LogP contribution in [0.2, 0.25) is 0 Å². The first-order chi connectivity index (χ1) is 8.52. The largest absolute Gasteiger partial charge is 0.315 e. The molecule has 110 valence electrons. The predicted octanol–water partition coefficient (Wildman–Crippen LogP) is 3.91. The van der Waals surface area contributed by atoms with Gasteiger partial charge < -0.3 is 5.32 Å². The molecule has 0 aromatic carbocycles. The van der Waals surface area contributed by atoms with Gasteiger partial charge >= 0.3 is 0 Å². The lowest BCUT2D eigenvalue weighted by molar-refractivity contribution is 0.0470. The maximum Gasteiger partial charge on any atom is 0.0356 e. The molecule has 0 spiro atoms. The van der Waals surface area contributed by atoms with Crippen molar-refractivity contribution in [3.05, 3.63) is 0 Å². The molecule has 0 rings (SSSR count). The molecule has 1 unspecified atom stereocenters. The van der Waals surface area contributed by atoms with Crippen LogP contribution in [0, 0.1) is 5.92 Å². The molecule has 0 aliphatic rings. The summed E-state index contributed by atoms with van der Waals surface area (Å²) in [7, 11) is 2.13. The molecule has 2 nitrogen and oxygen atoms in total. The van der Waals surface area contributed by atoms with Crippen LogP contribution in [-0.2, 0) is 0 Å². The molecule has 18 heavy (non-hydrogen) atoms. The van der Waals surface area contributed by atoms with E-state index in [1.54, 1.807) is 0 Å². The summed E-state index contributed by atoms with van der Waals surface area (Å²) >= 11 is 0. The second kappa shape index (κ2) is 8.92. The number of nitrogens with zero attached hydrogens (tertiary/aromatic N) is 1. The molecule has 0 bridgehead atoms. The van der Waals surface area contributed by atoms with Crippen LogP contribution in [0.25, 0.3) is 0 Å². The monoisotopic (exact) mass is 256 g/mol. The van der Waals surface area contributed by atoms with E-state index in [0.29, 0.717) is 11.6 Å². The van der Waals surface area contributed by atoms with Gasteiger partial charge in [0.1, 0.15) is 0 Å². The van der Waals surface area contributed by atoms with Crippen LogP contribution in [-0.4, -0.2) is 36.6 Å². The molecule has 0 aliphatic carbocycles. The van der Waals surface area contributed by atoms with Crippen molar-refractivity contribution in [2.45, 2.75) is 78.8 Å². The van der Waals surface area contributed by atoms with Gasteiger partial charge in [-0.25, -0.2) is 0 Å². The smallest absolute Gasteiger partial charge is 0.0356 e. The van der Waals surface area contributed by atoms with Gasteiger partial charge in [0, 0.05) is 11.6 Å². The summed E-state index contributed by atoms with van der Waals surface area (Å²) in [5.41, 5.74) is 0.327. The summed E-state index contributed by atoms with van der Waals surface area (Å²) in [4.78, 5) is 2.66. The highest BCUT2D eigenvalue weighted by molar-refractivity contribution is 4.98. The van der Waals surface area contributed by atoms with E-state index in [1.165, 1.54) is 25.7 Å². The van der Waals surface area contributed by atoms with E-state index in [9.17, 15) is 0 Å². The van der Waals surface area contributed by atoms with Gasteiger partial charge in [0.15, 0.2) is 0 Å². The molecule has 0 saturated heterocycles. The molecule has 0 aromatic heterocycles. The quantitative estimate of drug-likeness (QED) is 0.637. The summed E-state index contributed by atoms with van der Waals surface area (Å²) in [5, 5.41) is 3.61. The van der Waals surface area contributed by atoms with Gasteiger partial charge in [-0.3, -0.25) is 4.90 Å². The van der Waals surface area contributed by atoms with Crippen molar-refractivity contribution in [3.8, 4) is 0 Å². The van der Waals surface area contributed by atoms with Crippen molar-refractivity contribution >= 4 is 0 Å². The zero-order valence-electron chi connectivity index (χ0n) is 13.8. The Balaban J connectivity index is 5.00. The second-order valence-corrected chi connectivity index (χ2v) is 5.80. The Labute approximate surface area is 116 Å². The van der Waals surface area contributed by atoms with E-state index in [0.717, 1.165) is 19.0 Å². The minimum Gasteiger partial charge on any atom is -0.315 e. The van der Waals surface area contributed by atoms with E-state index >= 15 is 0 Å². The van der Waals surface area contributed by atoms with Crippen molar-refractivity contribution in [2.24, 2.45) is 5.92 Å². The highest BCUT2D eigenvalue weighted by Crippen LogP contribution is 2.30. The van der Waals surface area contributed by atoms with Gasteiger partial charge in [-0.2, -0.15) is 0 Å². The second-order valence-electron chi connectivity index (χ2n) is 5.80. The summed E-state index contributed by atoms with van der Waals surface area (Å²) in [5.74, 6) is 0.795. The van der Waals surface area contributed by atoms with Crippen LogP contribution < -0.4 is 5.32 Å². The Morgan fingerprint density at radius 1 is 0.944 bits per heavy atom. The first-order valence-corrected chi connectivity index (χ1v) is 7.94. The minimum absolute atomic E-state index is 0.327. The number of nitrogens with one attached hydrogen (secondary N) is 1. The van der Waals surface area contributed by atoms with Gasteiger partial charge in [-0.1, -0.05) is 41.5 Å². The van der Waals surface area contributed by atoms with Crippen LogP contribution in [0.5, 0.6) is 0 Å². The molecule has 0 fully saturated rings. The zero-order valence-corrected chi connectivity index (χ0v) is 13.8. The van der Waals surface area contributed by atoms with Crippen molar-refractivity contribution in [1.82, 2.24) is 10.2 Å². The van der Waals surface area contributed by atoms with E-state index in [1.807, 2.05) is 0 Å². The first-order valence-electron chi connectivity index (χ1n) is 7.94. The van der Waals surface area contributed by atoms with Gasteiger partial charge in [0.2, 0.25) is 0 Å². The Kier molecular flexibility index (Phi) is 8.89. The Bertz CT molecular complexity index is 193. The van der Waals surface area contributed by atoms with E-state index < -0.39 is 0 Å². The van der Waals surface area contributed by atoms with Crippen molar-refractivity contribution in [3.63, 3.8) is 0 Å². The zero-order chi connectivity index (χ0) is 14.2. The van der Waals surface area contributed by atoms with Crippen LogP contribution in [0.15, 0.2) is 0 Å². The predicted molar refractivity (Wildman–Crippen MR) is 83.2 cm³/mol. The Morgan fingerprint density at radius 3 is 1.72 bits per heavy atom. The van der Waals surface area contributed by atoms with Gasteiger partial charge in [-0.15, -0.1) is 0 Å². The highest BCUT2D eigenvalue weighted by atomic mass is 15.2. The van der Waals surface area contributed by atoms with E-state index in [-0.39, 0.29) is 0 Å². The minimum atomic E-state index is 0.327. The highest BCUT2D eigenvalue weighted by Gasteiger charge is 2.38. The molecule has 0 aromatic rings. The lowest BCUT2D eigenvalue weighted by atomic mass is 9.79. The molecular formula is C16H36N2. The lowest BCUT2D eigenvalue weighted by Gasteiger charge is -2.48. The summed E-state index contributed by atoms with van der Waals surface area (Å²) in [6.45, 7) is 16.2. The van der Waals surface area contributed by atoms with Crippen LogP contribution >= 0.6 is 0 Å². The molecular weight excluding hydrogens is 220 g/mol. The van der Waals surface area contributed by atoms with Crippen LogP contribution in [0.1, 0.15) is 67.2 Å². The molecule has 1 atom stereocenters. The average Bonchev–Trinajstić information content (AvgIpc) is 2.37. The fourth-order valence-electron chi connectivity index (χ4n) is 3.45. The molecule has 0 saturated carbocycles. The average molecular weight is 256 g/mol. The molecule has 0 heterocycles. The first kappa shape index (κ1) is 17.9. The molecule has 0 aliphatic heterocycles. The van der Waals surface area contributed by atoms with Crippen LogP contribution in [0.3, 0.4) is 0 Å². The molecule has 0 radical (unpaired) electrons. The standard InChI is InChI=1S/C16H36N2/c1-8-16(9-2,18(10-3)11-4)15(17-7)13-12-14(5)6/h14-15,17H,8-13H2,1-7H3. The van der Waals surface area contributed by atoms with Gasteiger partial charge in [0.25, 0.3) is 0 Å². The fraction of sp³-hybridized carbons (Fsp3) is 1.00. The third kappa shape index (κ3) is 4.24. The van der Waals surface area contributed by atoms with Crippen molar-refractivity contribution in [2.75, 3.05) is 20.1 Å². The topological polar surface area (TPSA) is 15.3 Å². The maximum atomic E-state index is 3.61. The molecule has 1 N–H and O–H groups in total.